The van der Waals surface area contributed by atoms with E-state index >= 15 is 0 Å². The van der Waals surface area contributed by atoms with Crippen molar-refractivity contribution in [3.05, 3.63) is 69.8 Å². The van der Waals surface area contributed by atoms with E-state index in [-0.39, 0.29) is 11.6 Å². The van der Waals surface area contributed by atoms with E-state index in [1.165, 1.54) is 24.3 Å². The maximum Gasteiger partial charge on any atom is 0.269 e. The Kier molecular flexibility index (Phi) is 3.77. The summed E-state index contributed by atoms with van der Waals surface area (Å²) in [5, 5.41) is 13.2. The second-order valence-electron chi connectivity index (χ2n) is 3.98. The van der Waals surface area contributed by atoms with Gasteiger partial charge in [-0.2, -0.15) is 0 Å². The number of hydrogen-bond donors (Lipinski definition) is 1. The molecule has 2 rings (SSSR count). The third-order valence-electron chi connectivity index (χ3n) is 2.63. The average molecular weight is 266 g/mol. The zero-order chi connectivity index (χ0) is 14.5. The van der Waals surface area contributed by atoms with Gasteiger partial charge in [-0.25, -0.2) is 0 Å². The maximum atomic E-state index is 12.0. The Balaban J connectivity index is 2.15. The summed E-state index contributed by atoms with van der Waals surface area (Å²) >= 11 is 0. The molecule has 0 bridgehead atoms. The summed E-state index contributed by atoms with van der Waals surface area (Å²) in [5.74, 6) is 2.12. The molecule has 98 valence electrons. The molecular weight excluding hydrogens is 256 g/mol. The van der Waals surface area contributed by atoms with Gasteiger partial charge in [0.05, 0.1) is 4.92 Å². The van der Waals surface area contributed by atoms with Gasteiger partial charge in [0.2, 0.25) is 0 Å². The van der Waals surface area contributed by atoms with Gasteiger partial charge in [0.1, 0.15) is 0 Å². The predicted octanol–water partition coefficient (Wildman–Crippen LogP) is 2.83. The molecule has 0 aliphatic rings. The summed E-state index contributed by atoms with van der Waals surface area (Å²) in [6.07, 6.45) is 5.28. The molecule has 0 unspecified atom stereocenters. The highest BCUT2D eigenvalue weighted by Gasteiger charge is 2.09. The number of rotatable bonds is 3. The van der Waals surface area contributed by atoms with Crippen LogP contribution in [0.5, 0.6) is 0 Å². The highest BCUT2D eigenvalue weighted by atomic mass is 16.6. The largest absolute Gasteiger partial charge is 0.322 e. The van der Waals surface area contributed by atoms with Gasteiger partial charge in [0.15, 0.2) is 0 Å². The molecule has 20 heavy (non-hydrogen) atoms. The molecule has 5 nitrogen and oxygen atoms in total. The van der Waals surface area contributed by atoms with Crippen molar-refractivity contribution < 1.29 is 9.72 Å². The number of hydrogen-bond acceptors (Lipinski definition) is 3. The molecule has 0 fully saturated rings. The van der Waals surface area contributed by atoms with Gasteiger partial charge < -0.3 is 5.32 Å². The number of nitro benzene ring substituents is 1. The first-order valence-electron chi connectivity index (χ1n) is 5.72. The molecule has 0 aliphatic carbocycles. The second-order valence-corrected chi connectivity index (χ2v) is 3.98. The van der Waals surface area contributed by atoms with E-state index in [1.54, 1.807) is 24.3 Å². The van der Waals surface area contributed by atoms with Crippen LogP contribution in [0, 0.1) is 22.5 Å². The van der Waals surface area contributed by atoms with E-state index in [0.717, 1.165) is 0 Å². The van der Waals surface area contributed by atoms with E-state index in [4.69, 9.17) is 6.42 Å². The molecule has 0 aromatic heterocycles. The van der Waals surface area contributed by atoms with Crippen LogP contribution in [0.3, 0.4) is 0 Å². The van der Waals surface area contributed by atoms with Gasteiger partial charge in [-0.1, -0.05) is 12.0 Å². The number of benzene rings is 2. The monoisotopic (exact) mass is 266 g/mol. The Hall–Kier alpha value is -3.13. The van der Waals surface area contributed by atoms with E-state index in [9.17, 15) is 14.9 Å². The minimum Gasteiger partial charge on any atom is -0.322 e. The Morgan fingerprint density at radius 2 is 1.90 bits per heavy atom. The zero-order valence-electron chi connectivity index (χ0n) is 10.4. The lowest BCUT2D eigenvalue weighted by atomic mass is 10.1. The topological polar surface area (TPSA) is 72.2 Å². The summed E-state index contributed by atoms with van der Waals surface area (Å²) in [6, 6.07) is 12.2. The van der Waals surface area contributed by atoms with Crippen molar-refractivity contribution in [1.29, 1.82) is 0 Å². The van der Waals surface area contributed by atoms with Gasteiger partial charge in [-0.05, 0) is 30.3 Å². The number of anilines is 1. The first-order chi connectivity index (χ1) is 9.60. The van der Waals surface area contributed by atoms with E-state index in [2.05, 4.69) is 11.2 Å². The van der Waals surface area contributed by atoms with Gasteiger partial charge in [-0.3, -0.25) is 14.9 Å². The summed E-state index contributed by atoms with van der Waals surface area (Å²) in [7, 11) is 0. The molecule has 0 spiro atoms. The molecule has 1 amide bonds. The maximum absolute atomic E-state index is 12.0. The molecule has 0 aliphatic heterocycles. The minimum absolute atomic E-state index is 0.0594. The number of carbonyl (C=O) groups is 1. The van der Waals surface area contributed by atoms with E-state index in [0.29, 0.717) is 16.8 Å². The summed E-state index contributed by atoms with van der Waals surface area (Å²) in [4.78, 5) is 22.0. The SMILES string of the molecule is C#Cc1cccc(NC(=O)c2ccc([N+](=O)[O-])cc2)c1. The lowest BCUT2D eigenvalue weighted by molar-refractivity contribution is -0.384. The van der Waals surface area contributed by atoms with Gasteiger partial charge in [0, 0.05) is 28.9 Å². The van der Waals surface area contributed by atoms with Crippen molar-refractivity contribution in [2.75, 3.05) is 5.32 Å². The number of nitrogens with one attached hydrogen (secondary N) is 1. The molecule has 0 saturated heterocycles. The van der Waals surface area contributed by atoms with Crippen molar-refractivity contribution in [1.82, 2.24) is 0 Å². The van der Waals surface area contributed by atoms with E-state index in [1.807, 2.05) is 0 Å². The van der Waals surface area contributed by atoms with Gasteiger partial charge >= 0.3 is 0 Å². The van der Waals surface area contributed by atoms with Crippen molar-refractivity contribution in [2.45, 2.75) is 0 Å². The second kappa shape index (κ2) is 5.67. The lowest BCUT2D eigenvalue weighted by Crippen LogP contribution is -2.11. The fraction of sp³-hybridized carbons (Fsp3) is 0. The smallest absolute Gasteiger partial charge is 0.269 e. The Bertz CT molecular complexity index is 700. The van der Waals surface area contributed by atoms with Gasteiger partial charge in [-0.15, -0.1) is 6.42 Å². The standard InChI is InChI=1S/C15H10N2O3/c1-2-11-4-3-5-13(10-11)16-15(18)12-6-8-14(9-7-12)17(19)20/h1,3-10H,(H,16,18). The van der Waals surface area contributed by atoms with Crippen LogP contribution in [0.2, 0.25) is 0 Å². The lowest BCUT2D eigenvalue weighted by Gasteiger charge is -2.05. The van der Waals surface area contributed by atoms with E-state index < -0.39 is 4.92 Å². The van der Waals surface area contributed by atoms with Crippen LogP contribution in [0.4, 0.5) is 11.4 Å². The third kappa shape index (κ3) is 3.00. The number of terminal acetylenes is 1. The van der Waals surface area contributed by atoms with Crippen LogP contribution < -0.4 is 5.32 Å². The Morgan fingerprint density at radius 3 is 2.50 bits per heavy atom. The highest BCUT2D eigenvalue weighted by Crippen LogP contribution is 2.15. The molecule has 2 aromatic carbocycles. The fourth-order valence-electron chi connectivity index (χ4n) is 1.62. The van der Waals surface area contributed by atoms with Crippen molar-refractivity contribution in [3.63, 3.8) is 0 Å². The Labute approximate surface area is 115 Å². The van der Waals surface area contributed by atoms with Crippen LogP contribution in [0.15, 0.2) is 48.5 Å². The molecule has 0 radical (unpaired) electrons. The van der Waals surface area contributed by atoms with Crippen LogP contribution >= 0.6 is 0 Å². The molecule has 1 N–H and O–H groups in total. The third-order valence-corrected chi connectivity index (χ3v) is 2.63. The predicted molar refractivity (Wildman–Crippen MR) is 75.4 cm³/mol. The summed E-state index contributed by atoms with van der Waals surface area (Å²) in [6.45, 7) is 0. The normalized spacial score (nSPS) is 9.55. The number of non-ortho nitro benzene ring substituents is 1. The number of nitrogens with zero attached hydrogens (tertiary/aromatic N) is 1. The van der Waals surface area contributed by atoms with Crippen LogP contribution in [-0.2, 0) is 0 Å². The molecule has 0 atom stereocenters. The fourth-order valence-corrected chi connectivity index (χ4v) is 1.62. The number of amides is 1. The molecular formula is C15H10N2O3. The molecule has 0 heterocycles. The summed E-state index contributed by atoms with van der Waals surface area (Å²) in [5.41, 5.74) is 1.51. The first-order valence-corrected chi connectivity index (χ1v) is 5.72. The highest BCUT2D eigenvalue weighted by molar-refractivity contribution is 6.04. The average Bonchev–Trinajstić information content (AvgIpc) is 2.47. The van der Waals surface area contributed by atoms with Crippen molar-refractivity contribution in [2.24, 2.45) is 0 Å². The Morgan fingerprint density at radius 1 is 1.20 bits per heavy atom. The molecule has 0 saturated carbocycles. The van der Waals surface area contributed by atoms with Crippen molar-refractivity contribution in [3.8, 4) is 12.3 Å². The molecule has 5 heteroatoms. The van der Waals surface area contributed by atoms with Crippen LogP contribution in [0.25, 0.3) is 0 Å². The first kappa shape index (κ1) is 13.3. The van der Waals surface area contributed by atoms with Crippen LogP contribution in [0.1, 0.15) is 15.9 Å². The van der Waals surface area contributed by atoms with Gasteiger partial charge in [0.25, 0.3) is 11.6 Å². The number of nitro groups is 1. The number of carbonyl (C=O) groups excluding carboxylic acids is 1. The summed E-state index contributed by atoms with van der Waals surface area (Å²) < 4.78 is 0. The van der Waals surface area contributed by atoms with Crippen LogP contribution in [-0.4, -0.2) is 10.8 Å². The zero-order valence-corrected chi connectivity index (χ0v) is 10.4. The quantitative estimate of drug-likeness (QED) is 0.527. The minimum atomic E-state index is -0.516. The molecule has 2 aromatic rings. The van der Waals surface area contributed by atoms with Crippen molar-refractivity contribution >= 4 is 17.3 Å².